The Morgan fingerprint density at radius 3 is 2.39 bits per heavy atom. The predicted octanol–water partition coefficient (Wildman–Crippen LogP) is 6.59. The molecule has 0 unspecified atom stereocenters. The van der Waals surface area contributed by atoms with Crippen LogP contribution in [0.2, 0.25) is 5.02 Å². The van der Waals surface area contributed by atoms with E-state index in [1.807, 2.05) is 31.2 Å². The van der Waals surface area contributed by atoms with E-state index in [2.05, 4.69) is 22.5 Å². The number of thiophene rings is 1. The van der Waals surface area contributed by atoms with Crippen molar-refractivity contribution in [3.63, 3.8) is 0 Å². The molecule has 0 bridgehead atoms. The van der Waals surface area contributed by atoms with Crippen molar-refractivity contribution in [3.05, 3.63) is 75.4 Å². The first-order valence-corrected chi connectivity index (χ1v) is 12.0. The van der Waals surface area contributed by atoms with E-state index in [9.17, 15) is 14.0 Å². The first-order valence-electron chi connectivity index (χ1n) is 10.8. The molecule has 1 fully saturated rings. The Morgan fingerprint density at radius 1 is 1.03 bits per heavy atom. The molecule has 2 aromatic carbocycles. The van der Waals surface area contributed by atoms with Crippen LogP contribution >= 0.6 is 22.9 Å². The number of anilines is 3. The molecule has 2 N–H and O–H groups in total. The van der Waals surface area contributed by atoms with Crippen LogP contribution in [0.5, 0.6) is 0 Å². The van der Waals surface area contributed by atoms with E-state index in [1.54, 1.807) is 6.07 Å². The normalized spacial score (nSPS) is 14.2. The third-order valence-corrected chi connectivity index (χ3v) is 7.27. The fraction of sp³-hybridized carbons (Fsp3) is 0.280. The second-order valence-electron chi connectivity index (χ2n) is 8.37. The van der Waals surface area contributed by atoms with Gasteiger partial charge in [0, 0.05) is 24.5 Å². The van der Waals surface area contributed by atoms with Gasteiger partial charge in [-0.3, -0.25) is 9.59 Å². The fourth-order valence-electron chi connectivity index (χ4n) is 3.83. The molecular formula is C25H25ClFN3O2S. The van der Waals surface area contributed by atoms with Gasteiger partial charge in [0.15, 0.2) is 0 Å². The van der Waals surface area contributed by atoms with Crippen LogP contribution in [0.1, 0.15) is 45.4 Å². The van der Waals surface area contributed by atoms with Crippen molar-refractivity contribution in [2.24, 2.45) is 5.92 Å². The van der Waals surface area contributed by atoms with Crippen LogP contribution < -0.4 is 15.5 Å². The number of hydrogen-bond acceptors (Lipinski definition) is 4. The Kier molecular flexibility index (Phi) is 7.00. The predicted molar refractivity (Wildman–Crippen MR) is 133 cm³/mol. The zero-order valence-electron chi connectivity index (χ0n) is 18.5. The Labute approximate surface area is 201 Å². The highest BCUT2D eigenvalue weighted by atomic mass is 35.5. The highest BCUT2D eigenvalue weighted by molar-refractivity contribution is 7.18. The van der Waals surface area contributed by atoms with Crippen LogP contribution in [0.25, 0.3) is 0 Å². The van der Waals surface area contributed by atoms with Crippen molar-refractivity contribution in [2.45, 2.75) is 26.7 Å². The van der Waals surface area contributed by atoms with Crippen LogP contribution in [0.15, 0.2) is 48.5 Å². The molecule has 0 atom stereocenters. The number of piperidine rings is 1. The van der Waals surface area contributed by atoms with Crippen molar-refractivity contribution < 1.29 is 14.0 Å². The minimum atomic E-state index is -0.513. The Balaban J connectivity index is 1.40. The number of amides is 2. The maximum atomic E-state index is 13.2. The Morgan fingerprint density at radius 2 is 1.73 bits per heavy atom. The quantitative estimate of drug-likeness (QED) is 0.428. The van der Waals surface area contributed by atoms with Crippen molar-refractivity contribution in [1.29, 1.82) is 0 Å². The van der Waals surface area contributed by atoms with E-state index in [0.717, 1.165) is 36.3 Å². The molecule has 0 aliphatic carbocycles. The molecule has 0 radical (unpaired) electrons. The van der Waals surface area contributed by atoms with Crippen molar-refractivity contribution in [1.82, 2.24) is 0 Å². The number of carbonyl (C=O) groups is 2. The van der Waals surface area contributed by atoms with Gasteiger partial charge in [0.2, 0.25) is 0 Å². The maximum Gasteiger partial charge on any atom is 0.266 e. The Bertz CT molecular complexity index is 1170. The Hall–Kier alpha value is -2.90. The first kappa shape index (κ1) is 23.3. The lowest BCUT2D eigenvalue weighted by molar-refractivity contribution is 0.102. The molecule has 3 aromatic rings. The maximum absolute atomic E-state index is 13.2. The van der Waals surface area contributed by atoms with Gasteiger partial charge in [0.05, 0.1) is 20.5 Å². The molecule has 1 aliphatic rings. The summed E-state index contributed by atoms with van der Waals surface area (Å²) in [6, 6.07) is 13.2. The average molecular weight is 486 g/mol. The van der Waals surface area contributed by atoms with Gasteiger partial charge in [-0.2, -0.15) is 0 Å². The molecule has 5 nitrogen and oxygen atoms in total. The van der Waals surface area contributed by atoms with Gasteiger partial charge >= 0.3 is 0 Å². The number of rotatable bonds is 5. The van der Waals surface area contributed by atoms with Gasteiger partial charge in [-0.1, -0.05) is 18.5 Å². The van der Waals surface area contributed by atoms with E-state index in [0.29, 0.717) is 15.6 Å². The molecule has 172 valence electrons. The minimum Gasteiger partial charge on any atom is -0.372 e. The number of nitrogens with zero attached hydrogens (tertiary/aromatic N) is 1. The fourth-order valence-corrected chi connectivity index (χ4v) is 5.05. The highest BCUT2D eigenvalue weighted by Crippen LogP contribution is 2.29. The van der Waals surface area contributed by atoms with Crippen molar-refractivity contribution in [3.8, 4) is 0 Å². The summed E-state index contributed by atoms with van der Waals surface area (Å²) in [7, 11) is 0. The number of hydrogen-bond donors (Lipinski definition) is 2. The van der Waals surface area contributed by atoms with Crippen LogP contribution in [0.3, 0.4) is 0 Å². The van der Waals surface area contributed by atoms with Gasteiger partial charge in [-0.25, -0.2) is 4.39 Å². The molecule has 1 saturated heterocycles. The summed E-state index contributed by atoms with van der Waals surface area (Å²) < 4.78 is 13.2. The summed E-state index contributed by atoms with van der Waals surface area (Å²) in [6.07, 6.45) is 2.39. The zero-order valence-corrected chi connectivity index (χ0v) is 20.0. The summed E-state index contributed by atoms with van der Waals surface area (Å²) in [5.41, 5.74) is 2.79. The summed E-state index contributed by atoms with van der Waals surface area (Å²) >= 11 is 7.15. The van der Waals surface area contributed by atoms with Crippen molar-refractivity contribution >= 4 is 51.1 Å². The van der Waals surface area contributed by atoms with Gasteiger partial charge in [-0.15, -0.1) is 11.3 Å². The number of halogens is 2. The third-order valence-electron chi connectivity index (χ3n) is 5.81. The molecule has 8 heteroatoms. The zero-order chi connectivity index (χ0) is 23.5. The van der Waals surface area contributed by atoms with Crippen molar-refractivity contribution in [2.75, 3.05) is 28.6 Å². The van der Waals surface area contributed by atoms with Gasteiger partial charge < -0.3 is 15.5 Å². The lowest BCUT2D eigenvalue weighted by Crippen LogP contribution is -2.32. The highest BCUT2D eigenvalue weighted by Gasteiger charge is 2.18. The molecule has 33 heavy (non-hydrogen) atoms. The molecule has 0 saturated carbocycles. The van der Waals surface area contributed by atoms with Crippen LogP contribution in [0, 0.1) is 18.7 Å². The van der Waals surface area contributed by atoms with Crippen LogP contribution in [0.4, 0.5) is 20.8 Å². The summed E-state index contributed by atoms with van der Waals surface area (Å²) in [4.78, 5) is 28.2. The first-order chi connectivity index (χ1) is 15.8. The van der Waals surface area contributed by atoms with Crippen LogP contribution in [-0.4, -0.2) is 24.9 Å². The average Bonchev–Trinajstić information content (AvgIpc) is 3.14. The number of benzene rings is 2. The van der Waals surface area contributed by atoms with Gasteiger partial charge in [0.25, 0.3) is 11.8 Å². The second-order valence-corrected chi connectivity index (χ2v) is 9.83. The second kappa shape index (κ2) is 9.93. The summed E-state index contributed by atoms with van der Waals surface area (Å²) in [5, 5.41) is 6.20. The number of carbonyl (C=O) groups excluding carboxylic acids is 2. The molecule has 2 heterocycles. The standard InChI is InChI=1S/C25H25ClFN3O2S/c1-15-9-11-30(12-10-15)19-6-4-18(5-7-19)28-25(32)23-16(2)13-22(33-23)29-24(31)20-8-3-17(27)14-21(20)26/h3-8,13-15H,9-12H2,1-2H3,(H,28,32)(H,29,31). The smallest absolute Gasteiger partial charge is 0.266 e. The van der Waals surface area contributed by atoms with E-state index >= 15 is 0 Å². The number of aryl methyl sites for hydroxylation is 1. The topological polar surface area (TPSA) is 61.4 Å². The molecule has 0 spiro atoms. The lowest BCUT2D eigenvalue weighted by Gasteiger charge is -2.32. The van der Waals surface area contributed by atoms with E-state index in [1.165, 1.54) is 36.3 Å². The molecule has 1 aliphatic heterocycles. The molecular weight excluding hydrogens is 461 g/mol. The lowest BCUT2D eigenvalue weighted by atomic mass is 9.99. The molecule has 2 amide bonds. The van der Waals surface area contributed by atoms with Crippen LogP contribution in [-0.2, 0) is 0 Å². The van der Waals surface area contributed by atoms with Gasteiger partial charge in [0.1, 0.15) is 5.82 Å². The largest absolute Gasteiger partial charge is 0.372 e. The molecule has 4 rings (SSSR count). The summed E-state index contributed by atoms with van der Waals surface area (Å²) in [5.74, 6) is -0.439. The monoisotopic (exact) mass is 485 g/mol. The minimum absolute atomic E-state index is 0.0289. The molecule has 1 aromatic heterocycles. The van der Waals surface area contributed by atoms with E-state index in [4.69, 9.17) is 11.6 Å². The number of nitrogens with one attached hydrogen (secondary N) is 2. The SMILES string of the molecule is Cc1cc(NC(=O)c2ccc(F)cc2Cl)sc1C(=O)Nc1ccc(N2CCC(C)CC2)cc1. The van der Waals surface area contributed by atoms with E-state index < -0.39 is 11.7 Å². The third kappa shape index (κ3) is 5.54. The summed E-state index contributed by atoms with van der Waals surface area (Å²) in [6.45, 7) is 6.21. The van der Waals surface area contributed by atoms with E-state index in [-0.39, 0.29) is 16.5 Å². The van der Waals surface area contributed by atoms with Gasteiger partial charge in [-0.05, 0) is 79.8 Å².